The van der Waals surface area contributed by atoms with Gasteiger partial charge in [-0.15, -0.1) is 22.7 Å². The largest absolute Gasteiger partial charge is 0.448 e. The van der Waals surface area contributed by atoms with E-state index in [9.17, 15) is 9.59 Å². The number of carbonyl (C=O) groups is 2. The van der Waals surface area contributed by atoms with Gasteiger partial charge in [0.15, 0.2) is 6.10 Å². The molecule has 4 aromatic rings. The van der Waals surface area contributed by atoms with E-state index in [-0.39, 0.29) is 0 Å². The number of nitriles is 1. The van der Waals surface area contributed by atoms with Gasteiger partial charge in [-0.1, -0.05) is 11.6 Å². The minimum atomic E-state index is -1.03. The van der Waals surface area contributed by atoms with Crippen molar-refractivity contribution >= 4 is 61.4 Å². The second-order valence-electron chi connectivity index (χ2n) is 6.62. The van der Waals surface area contributed by atoms with Crippen molar-refractivity contribution in [1.82, 2.24) is 9.78 Å². The zero-order valence-electron chi connectivity index (χ0n) is 16.4. The summed E-state index contributed by atoms with van der Waals surface area (Å²) in [7, 11) is 0. The van der Waals surface area contributed by atoms with Gasteiger partial charge in [0.05, 0.1) is 16.9 Å². The molecule has 31 heavy (non-hydrogen) atoms. The van der Waals surface area contributed by atoms with Gasteiger partial charge in [0.1, 0.15) is 20.8 Å². The molecule has 0 aliphatic rings. The van der Waals surface area contributed by atoms with E-state index in [1.807, 2.05) is 25.1 Å². The number of hydrogen-bond donors (Lipinski definition) is 1. The van der Waals surface area contributed by atoms with Crippen LogP contribution < -0.4 is 5.32 Å². The molecule has 3 heterocycles. The number of amides is 1. The molecule has 1 atom stereocenters. The Balaban J connectivity index is 1.53. The Bertz CT molecular complexity index is 1330. The van der Waals surface area contributed by atoms with Gasteiger partial charge >= 0.3 is 5.97 Å². The molecule has 0 spiro atoms. The lowest BCUT2D eigenvalue weighted by atomic mass is 10.3. The van der Waals surface area contributed by atoms with Crippen molar-refractivity contribution in [1.29, 1.82) is 5.26 Å². The van der Waals surface area contributed by atoms with Crippen molar-refractivity contribution in [2.45, 2.75) is 20.0 Å². The van der Waals surface area contributed by atoms with E-state index in [4.69, 9.17) is 21.6 Å². The number of nitrogens with zero attached hydrogens (tertiary/aromatic N) is 3. The van der Waals surface area contributed by atoms with Crippen molar-refractivity contribution in [3.63, 3.8) is 0 Å². The molecule has 3 aromatic heterocycles. The van der Waals surface area contributed by atoms with Crippen LogP contribution in [0.1, 0.15) is 27.9 Å². The molecule has 10 heteroatoms. The van der Waals surface area contributed by atoms with Crippen molar-refractivity contribution in [3.8, 4) is 11.8 Å². The summed E-state index contributed by atoms with van der Waals surface area (Å²) in [5, 5.41) is 19.8. The Morgan fingerprint density at radius 3 is 2.74 bits per heavy atom. The Morgan fingerprint density at radius 1 is 1.29 bits per heavy atom. The molecule has 1 amide bonds. The summed E-state index contributed by atoms with van der Waals surface area (Å²) in [6.45, 7) is 3.35. The minimum absolute atomic E-state index is 0.364. The minimum Gasteiger partial charge on any atom is -0.448 e. The molecular formula is C21H15ClN4O3S2. The predicted octanol–water partition coefficient (Wildman–Crippen LogP) is 5.17. The van der Waals surface area contributed by atoms with Gasteiger partial charge in [-0.2, -0.15) is 10.4 Å². The van der Waals surface area contributed by atoms with Crippen LogP contribution in [0.2, 0.25) is 5.02 Å². The number of halogens is 1. The highest BCUT2D eigenvalue weighted by Gasteiger charge is 2.23. The second-order valence-corrected chi connectivity index (χ2v) is 9.00. The molecule has 1 unspecified atom stereocenters. The summed E-state index contributed by atoms with van der Waals surface area (Å²) in [6, 6.07) is 12.6. The van der Waals surface area contributed by atoms with Crippen LogP contribution in [0.3, 0.4) is 0 Å². The molecule has 4 rings (SSSR count). The molecule has 0 saturated carbocycles. The van der Waals surface area contributed by atoms with E-state index in [1.54, 1.807) is 34.3 Å². The first kappa shape index (κ1) is 21.1. The van der Waals surface area contributed by atoms with E-state index in [0.29, 0.717) is 20.5 Å². The van der Waals surface area contributed by atoms with Crippen LogP contribution in [0.5, 0.6) is 0 Å². The molecule has 0 aliphatic carbocycles. The maximum atomic E-state index is 12.7. The van der Waals surface area contributed by atoms with Crippen LogP contribution in [0.4, 0.5) is 5.00 Å². The fourth-order valence-corrected chi connectivity index (χ4v) is 4.82. The van der Waals surface area contributed by atoms with Gasteiger partial charge in [0, 0.05) is 10.4 Å². The highest BCUT2D eigenvalue weighted by molar-refractivity contribution is 7.20. The van der Waals surface area contributed by atoms with E-state index in [2.05, 4.69) is 10.4 Å². The average Bonchev–Trinajstić information content (AvgIpc) is 3.45. The van der Waals surface area contributed by atoms with E-state index in [1.165, 1.54) is 29.6 Å². The van der Waals surface area contributed by atoms with Crippen molar-refractivity contribution < 1.29 is 14.3 Å². The summed E-state index contributed by atoms with van der Waals surface area (Å²) < 4.78 is 7.10. The molecule has 7 nitrogen and oxygen atoms in total. The number of anilines is 1. The fourth-order valence-electron chi connectivity index (χ4n) is 2.88. The van der Waals surface area contributed by atoms with E-state index < -0.39 is 18.0 Å². The van der Waals surface area contributed by atoms with Gasteiger partial charge < -0.3 is 10.1 Å². The third kappa shape index (κ3) is 4.18. The number of aryl methyl sites for hydroxylation is 1. The summed E-state index contributed by atoms with van der Waals surface area (Å²) in [6.07, 6.45) is -1.03. The summed E-state index contributed by atoms with van der Waals surface area (Å²) in [5.41, 5.74) is 1.96. The Labute approximate surface area is 190 Å². The number of nitrogens with one attached hydrogen (secondary N) is 1. The van der Waals surface area contributed by atoms with E-state index >= 15 is 0 Å². The molecular weight excluding hydrogens is 456 g/mol. The van der Waals surface area contributed by atoms with Gasteiger partial charge in [-0.05, 0) is 55.6 Å². The van der Waals surface area contributed by atoms with Crippen LogP contribution in [0, 0.1) is 18.3 Å². The van der Waals surface area contributed by atoms with Crippen molar-refractivity contribution in [2.75, 3.05) is 5.32 Å². The number of esters is 1. The fraction of sp³-hybridized carbons (Fsp3) is 0.143. The van der Waals surface area contributed by atoms with Gasteiger partial charge in [0.25, 0.3) is 5.91 Å². The van der Waals surface area contributed by atoms with Crippen LogP contribution in [0.15, 0.2) is 41.8 Å². The number of thiophene rings is 2. The zero-order valence-corrected chi connectivity index (χ0v) is 18.8. The number of hydrogen-bond acceptors (Lipinski definition) is 7. The van der Waals surface area contributed by atoms with Crippen LogP contribution in [-0.4, -0.2) is 27.8 Å². The molecule has 1 N–H and O–H groups in total. The third-order valence-electron chi connectivity index (χ3n) is 4.49. The topological polar surface area (TPSA) is 97.0 Å². The Hall–Kier alpha value is -3.19. The SMILES string of the molecule is Cc1nn(-c2ccc(Cl)cc2)c2sc(C(=O)OC(C)C(=O)Nc3sccc3C#N)cc12. The standard InChI is InChI=1S/C21H15ClN4O3S2/c1-11-16-9-17(31-20(16)26(25-11)15-5-3-14(22)4-6-15)21(28)29-12(2)18(27)24-19-13(10-23)7-8-30-19/h3-9,12H,1-2H3,(H,24,27). The molecule has 0 radical (unpaired) electrons. The van der Waals surface area contributed by atoms with Crippen LogP contribution in [0.25, 0.3) is 15.9 Å². The number of aromatic nitrogens is 2. The Kier molecular flexibility index (Phi) is 5.78. The second kappa shape index (κ2) is 8.51. The van der Waals surface area contributed by atoms with Gasteiger partial charge in [0.2, 0.25) is 0 Å². The normalized spacial score (nSPS) is 11.8. The van der Waals surface area contributed by atoms with Gasteiger partial charge in [-0.25, -0.2) is 9.48 Å². The molecule has 0 bridgehead atoms. The number of benzene rings is 1. The summed E-state index contributed by atoms with van der Waals surface area (Å²) in [4.78, 5) is 26.2. The molecule has 0 fully saturated rings. The summed E-state index contributed by atoms with van der Waals surface area (Å²) in [5.74, 6) is -1.10. The van der Waals surface area contributed by atoms with Gasteiger partial charge in [-0.3, -0.25) is 4.79 Å². The zero-order chi connectivity index (χ0) is 22.1. The summed E-state index contributed by atoms with van der Waals surface area (Å²) >= 11 is 8.44. The maximum absolute atomic E-state index is 12.7. The first-order valence-corrected chi connectivity index (χ1v) is 11.2. The highest BCUT2D eigenvalue weighted by Crippen LogP contribution is 2.31. The lowest BCUT2D eigenvalue weighted by Gasteiger charge is -2.12. The first-order valence-electron chi connectivity index (χ1n) is 9.12. The molecule has 1 aromatic carbocycles. The third-order valence-corrected chi connectivity index (χ3v) is 6.66. The molecule has 0 aliphatic heterocycles. The lowest BCUT2D eigenvalue weighted by Crippen LogP contribution is -2.29. The highest BCUT2D eigenvalue weighted by atomic mass is 35.5. The lowest BCUT2D eigenvalue weighted by molar-refractivity contribution is -0.123. The molecule has 156 valence electrons. The first-order chi connectivity index (χ1) is 14.9. The maximum Gasteiger partial charge on any atom is 0.349 e. The molecule has 0 saturated heterocycles. The van der Waals surface area contributed by atoms with Crippen molar-refractivity contribution in [2.24, 2.45) is 0 Å². The predicted molar refractivity (Wildman–Crippen MR) is 121 cm³/mol. The number of carbonyl (C=O) groups excluding carboxylic acids is 2. The average molecular weight is 471 g/mol. The number of ether oxygens (including phenoxy) is 1. The Morgan fingerprint density at radius 2 is 2.03 bits per heavy atom. The smallest absolute Gasteiger partial charge is 0.349 e. The quantitative estimate of drug-likeness (QED) is 0.406. The monoisotopic (exact) mass is 470 g/mol. The van der Waals surface area contributed by atoms with Crippen LogP contribution >= 0.6 is 34.3 Å². The number of rotatable bonds is 5. The number of fused-ring (bicyclic) bond motifs is 1. The van der Waals surface area contributed by atoms with E-state index in [0.717, 1.165) is 21.6 Å². The van der Waals surface area contributed by atoms with Crippen LogP contribution in [-0.2, 0) is 9.53 Å². The van der Waals surface area contributed by atoms with Crippen molar-refractivity contribution in [3.05, 3.63) is 62.9 Å².